The predicted octanol–water partition coefficient (Wildman–Crippen LogP) is 3.55. The molecule has 3 rings (SSSR count). The summed E-state index contributed by atoms with van der Waals surface area (Å²) in [4.78, 5) is 21.4. The molecule has 160 valence electrons. The Balaban J connectivity index is 1.91. The van der Waals surface area contributed by atoms with Crippen LogP contribution in [0.3, 0.4) is 0 Å². The molecule has 0 bridgehead atoms. The van der Waals surface area contributed by atoms with Gasteiger partial charge in [0.1, 0.15) is 12.3 Å². The van der Waals surface area contributed by atoms with Crippen molar-refractivity contribution >= 4 is 27.1 Å². The highest BCUT2D eigenvalue weighted by atomic mass is 32.2. The van der Waals surface area contributed by atoms with Gasteiger partial charge in [-0.3, -0.25) is 9.78 Å². The summed E-state index contributed by atoms with van der Waals surface area (Å²) in [6.45, 7) is 1.93. The molecule has 0 spiro atoms. The second-order valence-corrected chi connectivity index (χ2v) is 9.36. The number of rotatable bonds is 6. The van der Waals surface area contributed by atoms with E-state index in [1.165, 1.54) is 30.5 Å². The summed E-state index contributed by atoms with van der Waals surface area (Å²) in [5, 5.41) is 2.65. The van der Waals surface area contributed by atoms with Gasteiger partial charge in [-0.2, -0.15) is 0 Å². The van der Waals surface area contributed by atoms with Gasteiger partial charge in [0.15, 0.2) is 15.7 Å². The number of nitrogens with one attached hydrogen (secondary N) is 1. The Hall–Kier alpha value is -2.68. The zero-order chi connectivity index (χ0) is 21.9. The van der Waals surface area contributed by atoms with Crippen LogP contribution in [0.4, 0.5) is 14.6 Å². The molecule has 1 aliphatic rings. The van der Waals surface area contributed by atoms with Gasteiger partial charge >= 0.3 is 0 Å². The molecule has 9 heteroatoms. The average Bonchev–Trinajstić information content (AvgIpc) is 3.03. The Bertz CT molecular complexity index is 1030. The summed E-state index contributed by atoms with van der Waals surface area (Å²) >= 11 is 0. The third kappa shape index (κ3) is 5.27. The third-order valence-corrected chi connectivity index (χ3v) is 6.13. The van der Waals surface area contributed by atoms with Crippen LogP contribution in [0.15, 0.2) is 47.6 Å². The van der Waals surface area contributed by atoms with Crippen LogP contribution in [0.2, 0.25) is 0 Å². The maximum Gasteiger partial charge on any atom is 0.257 e. The summed E-state index contributed by atoms with van der Waals surface area (Å²) in [7, 11) is -3.40. The minimum Gasteiger partial charge on any atom is -0.305 e. The molecule has 0 radical (unpaired) electrons. The van der Waals surface area contributed by atoms with Crippen LogP contribution < -0.4 is 5.32 Å². The molecule has 6 nitrogen and oxygen atoms in total. The first-order chi connectivity index (χ1) is 14.2. The fourth-order valence-corrected chi connectivity index (χ4v) is 3.94. The molecule has 2 atom stereocenters. The van der Waals surface area contributed by atoms with Gasteiger partial charge in [0.05, 0.1) is 23.0 Å². The molecule has 30 heavy (non-hydrogen) atoms. The van der Waals surface area contributed by atoms with Crippen molar-refractivity contribution in [3.63, 3.8) is 0 Å². The Kier molecular flexibility index (Phi) is 6.60. The number of allylic oxidation sites excluding steroid dienone is 1. The second-order valence-electron chi connectivity index (χ2n) is 7.34. The van der Waals surface area contributed by atoms with E-state index in [0.29, 0.717) is 12.0 Å². The van der Waals surface area contributed by atoms with Gasteiger partial charge in [-0.1, -0.05) is 25.1 Å². The molecule has 1 fully saturated rings. The smallest absolute Gasteiger partial charge is 0.257 e. The van der Waals surface area contributed by atoms with Gasteiger partial charge < -0.3 is 5.32 Å². The third-order valence-electron chi connectivity index (χ3n) is 5.00. The number of sulfone groups is 1. The van der Waals surface area contributed by atoms with E-state index in [4.69, 9.17) is 0 Å². The van der Waals surface area contributed by atoms with Crippen molar-refractivity contribution in [3.8, 4) is 0 Å². The number of carbonyl (C=O) groups is 1. The fraction of sp³-hybridized carbons (Fsp3) is 0.381. The summed E-state index contributed by atoms with van der Waals surface area (Å²) in [6, 6.07) is 5.79. The van der Waals surface area contributed by atoms with E-state index in [1.807, 2.05) is 6.92 Å². The van der Waals surface area contributed by atoms with Gasteiger partial charge in [0.25, 0.3) is 5.91 Å². The molecule has 1 aromatic carbocycles. The number of aryl methyl sites for hydroxylation is 1. The summed E-state index contributed by atoms with van der Waals surface area (Å²) in [5.41, 5.74) is 1.41. The van der Waals surface area contributed by atoms with Crippen LogP contribution in [-0.4, -0.2) is 42.9 Å². The van der Waals surface area contributed by atoms with Crippen LogP contribution >= 0.6 is 0 Å². The number of carbonyl (C=O) groups excluding carboxylic acids is 1. The average molecular weight is 435 g/mol. The topological polar surface area (TPSA) is 89.0 Å². The fourth-order valence-electron chi connectivity index (χ4n) is 3.31. The van der Waals surface area contributed by atoms with E-state index in [9.17, 15) is 22.0 Å². The highest BCUT2D eigenvalue weighted by Gasteiger charge is 2.34. The van der Waals surface area contributed by atoms with Gasteiger partial charge in [-0.05, 0) is 42.9 Å². The summed E-state index contributed by atoms with van der Waals surface area (Å²) in [6.07, 6.45) is 3.19. The zero-order valence-electron chi connectivity index (χ0n) is 16.7. The van der Waals surface area contributed by atoms with Crippen LogP contribution in [0.5, 0.6) is 0 Å². The standard InChI is InChI=1S/C21H23F2N3O3S/c1-3-15-11-25-20(12-24-15)26-21(27)17(8-13-9-18(22)19(23)10-13)14-4-6-16(7-5-14)30(2,28)29/h4-8,11-13,18-19H,3,9-10H2,1-2H3,(H,25,26,27)/b17-8+. The predicted molar refractivity (Wildman–Crippen MR) is 110 cm³/mol. The lowest BCUT2D eigenvalue weighted by Crippen LogP contribution is -2.16. The quantitative estimate of drug-likeness (QED) is 0.701. The number of alkyl halides is 2. The molecular weight excluding hydrogens is 412 g/mol. The maximum atomic E-state index is 13.6. The molecule has 1 heterocycles. The number of aromatic nitrogens is 2. The first kappa shape index (κ1) is 22.0. The molecule has 2 aromatic rings. The van der Waals surface area contributed by atoms with Crippen LogP contribution in [-0.2, 0) is 21.1 Å². The second kappa shape index (κ2) is 8.99. The molecule has 0 aliphatic heterocycles. The van der Waals surface area contributed by atoms with E-state index in [0.717, 1.165) is 11.9 Å². The number of anilines is 1. The van der Waals surface area contributed by atoms with Crippen molar-refractivity contribution in [2.45, 2.75) is 43.4 Å². The lowest BCUT2D eigenvalue weighted by Gasteiger charge is -2.12. The lowest BCUT2D eigenvalue weighted by molar-refractivity contribution is -0.111. The lowest BCUT2D eigenvalue weighted by atomic mass is 9.98. The molecular formula is C21H23F2N3O3S. The molecule has 1 saturated carbocycles. The highest BCUT2D eigenvalue weighted by molar-refractivity contribution is 7.90. The van der Waals surface area contributed by atoms with Gasteiger partial charge in [-0.25, -0.2) is 22.2 Å². The monoisotopic (exact) mass is 435 g/mol. The summed E-state index contributed by atoms with van der Waals surface area (Å²) < 4.78 is 50.7. The molecule has 1 aliphatic carbocycles. The van der Waals surface area contributed by atoms with E-state index >= 15 is 0 Å². The normalized spacial score (nSPS) is 22.1. The Morgan fingerprint density at radius 2 is 1.77 bits per heavy atom. The van der Waals surface area contributed by atoms with Crippen molar-refractivity contribution in [3.05, 3.63) is 54.0 Å². The first-order valence-corrected chi connectivity index (χ1v) is 11.5. The number of hydrogen-bond donors (Lipinski definition) is 1. The number of hydrogen-bond acceptors (Lipinski definition) is 5. The Morgan fingerprint density at radius 3 is 2.27 bits per heavy atom. The van der Waals surface area contributed by atoms with Crippen molar-refractivity contribution in [1.82, 2.24) is 9.97 Å². The van der Waals surface area contributed by atoms with Crippen LogP contribution in [0, 0.1) is 5.92 Å². The number of nitrogens with zero attached hydrogens (tertiary/aromatic N) is 2. The minimum absolute atomic E-state index is 0.00955. The first-order valence-electron chi connectivity index (χ1n) is 9.60. The van der Waals surface area contributed by atoms with E-state index in [2.05, 4.69) is 15.3 Å². The number of halogens is 2. The zero-order valence-corrected chi connectivity index (χ0v) is 17.5. The largest absolute Gasteiger partial charge is 0.305 e. The molecule has 2 unspecified atom stereocenters. The SMILES string of the molecule is CCc1cnc(NC(=O)/C(=C/C2CC(F)C(F)C2)c2ccc(S(C)(=O)=O)cc2)cn1. The molecule has 1 N–H and O–H groups in total. The minimum atomic E-state index is -3.40. The van der Waals surface area contributed by atoms with E-state index in [-0.39, 0.29) is 29.1 Å². The van der Waals surface area contributed by atoms with Crippen molar-refractivity contribution < 1.29 is 22.0 Å². The maximum absolute atomic E-state index is 13.6. The van der Waals surface area contributed by atoms with E-state index in [1.54, 1.807) is 12.3 Å². The van der Waals surface area contributed by atoms with Crippen LogP contribution in [0.25, 0.3) is 5.57 Å². The number of amides is 1. The van der Waals surface area contributed by atoms with Gasteiger partial charge in [0, 0.05) is 11.8 Å². The number of benzene rings is 1. The Labute approximate surface area is 174 Å². The molecule has 1 amide bonds. The van der Waals surface area contributed by atoms with Crippen molar-refractivity contribution in [2.24, 2.45) is 5.92 Å². The van der Waals surface area contributed by atoms with Gasteiger partial charge in [-0.15, -0.1) is 0 Å². The van der Waals surface area contributed by atoms with E-state index < -0.39 is 34.0 Å². The molecule has 1 aromatic heterocycles. The summed E-state index contributed by atoms with van der Waals surface area (Å²) in [5.74, 6) is -0.716. The van der Waals surface area contributed by atoms with Gasteiger partial charge in [0.2, 0.25) is 0 Å². The van der Waals surface area contributed by atoms with Crippen LogP contribution in [0.1, 0.15) is 31.0 Å². The van der Waals surface area contributed by atoms with Crippen molar-refractivity contribution in [2.75, 3.05) is 11.6 Å². The highest BCUT2D eigenvalue weighted by Crippen LogP contribution is 2.34. The van der Waals surface area contributed by atoms with Crippen molar-refractivity contribution in [1.29, 1.82) is 0 Å². The molecule has 0 saturated heterocycles. The Morgan fingerprint density at radius 1 is 1.13 bits per heavy atom.